The van der Waals surface area contributed by atoms with Crippen LogP contribution in [0.1, 0.15) is 24.5 Å². The van der Waals surface area contributed by atoms with Crippen LogP contribution >= 0.6 is 0 Å². The maximum absolute atomic E-state index is 12.7. The molecule has 0 bridgehead atoms. The van der Waals surface area contributed by atoms with Gasteiger partial charge in [-0.25, -0.2) is 0 Å². The topological polar surface area (TPSA) is 40.6 Å². The molecule has 0 atom stereocenters. The van der Waals surface area contributed by atoms with Gasteiger partial charge in [0.25, 0.3) is 0 Å². The summed E-state index contributed by atoms with van der Waals surface area (Å²) in [7, 11) is 0. The first-order valence-corrected chi connectivity index (χ1v) is 7.53. The molecule has 0 aliphatic carbocycles. The van der Waals surface area contributed by atoms with E-state index < -0.39 is 11.7 Å². The highest BCUT2D eigenvalue weighted by atomic mass is 19.4. The van der Waals surface area contributed by atoms with Gasteiger partial charge in [0, 0.05) is 32.6 Å². The first-order valence-electron chi connectivity index (χ1n) is 7.53. The Morgan fingerprint density at radius 3 is 2.61 bits per heavy atom. The molecular weight excluding hydrogens is 309 g/mol. The van der Waals surface area contributed by atoms with E-state index in [0.29, 0.717) is 31.7 Å². The number of nitrogens with zero attached hydrogens (tertiary/aromatic N) is 2. The summed E-state index contributed by atoms with van der Waals surface area (Å²) in [6, 6.07) is 4.79. The predicted molar refractivity (Wildman–Crippen MR) is 78.6 cm³/mol. The minimum atomic E-state index is -4.42. The number of benzene rings is 1. The highest BCUT2D eigenvalue weighted by molar-refractivity contribution is 5.81. The zero-order valence-electron chi connectivity index (χ0n) is 12.9. The van der Waals surface area contributed by atoms with Crippen LogP contribution < -0.4 is 0 Å². The average Bonchev–Trinajstić information content (AvgIpc) is 2.68. The molecule has 2 rings (SSSR count). The van der Waals surface area contributed by atoms with Crippen molar-refractivity contribution in [1.82, 2.24) is 9.80 Å². The van der Waals surface area contributed by atoms with Crippen LogP contribution in [0.3, 0.4) is 0 Å². The number of hydrogen-bond donors (Lipinski definition) is 0. The lowest BCUT2D eigenvalue weighted by Crippen LogP contribution is -2.36. The minimum Gasteiger partial charge on any atom is -0.341 e. The number of halogens is 3. The molecule has 1 aliphatic rings. The molecule has 7 heteroatoms. The molecular formula is C16H19F3N2O2. The number of amides is 2. The molecule has 0 N–H and O–H groups in total. The Labute approximate surface area is 132 Å². The highest BCUT2D eigenvalue weighted by Crippen LogP contribution is 2.29. The summed E-state index contributed by atoms with van der Waals surface area (Å²) in [6.45, 7) is 3.65. The monoisotopic (exact) mass is 328 g/mol. The van der Waals surface area contributed by atoms with Crippen molar-refractivity contribution in [2.75, 3.05) is 26.2 Å². The molecule has 0 aromatic heterocycles. The Kier molecular flexibility index (Phi) is 5.28. The molecule has 23 heavy (non-hydrogen) atoms. The van der Waals surface area contributed by atoms with Gasteiger partial charge >= 0.3 is 6.18 Å². The Morgan fingerprint density at radius 1 is 1.22 bits per heavy atom. The number of hydrogen-bond acceptors (Lipinski definition) is 2. The van der Waals surface area contributed by atoms with Gasteiger partial charge in [0.05, 0.1) is 12.0 Å². The molecule has 126 valence electrons. The first-order chi connectivity index (χ1) is 10.8. The van der Waals surface area contributed by atoms with Gasteiger partial charge in [0.15, 0.2) is 0 Å². The van der Waals surface area contributed by atoms with E-state index in [4.69, 9.17) is 0 Å². The number of carbonyl (C=O) groups excluding carboxylic acids is 2. The van der Waals surface area contributed by atoms with E-state index in [0.717, 1.165) is 12.1 Å². The Balaban J connectivity index is 2.03. The van der Waals surface area contributed by atoms with Gasteiger partial charge in [-0.3, -0.25) is 9.59 Å². The van der Waals surface area contributed by atoms with E-state index >= 15 is 0 Å². The minimum absolute atomic E-state index is 0.00173. The van der Waals surface area contributed by atoms with Crippen molar-refractivity contribution < 1.29 is 22.8 Å². The van der Waals surface area contributed by atoms with Crippen molar-refractivity contribution in [2.45, 2.75) is 25.9 Å². The molecule has 0 radical (unpaired) electrons. The van der Waals surface area contributed by atoms with Crippen molar-refractivity contribution >= 4 is 11.8 Å². The molecule has 0 spiro atoms. The van der Waals surface area contributed by atoms with E-state index in [9.17, 15) is 22.8 Å². The number of rotatable bonds is 3. The van der Waals surface area contributed by atoms with Crippen LogP contribution in [0.5, 0.6) is 0 Å². The van der Waals surface area contributed by atoms with Gasteiger partial charge in [0.2, 0.25) is 11.8 Å². The Morgan fingerprint density at radius 2 is 1.96 bits per heavy atom. The quantitative estimate of drug-likeness (QED) is 0.854. The molecule has 1 fully saturated rings. The van der Waals surface area contributed by atoms with Gasteiger partial charge < -0.3 is 9.80 Å². The molecule has 0 saturated carbocycles. The van der Waals surface area contributed by atoms with Gasteiger partial charge in [-0.15, -0.1) is 0 Å². The van der Waals surface area contributed by atoms with Crippen molar-refractivity contribution in [3.63, 3.8) is 0 Å². The standard InChI is InChI=1S/C16H19F3N2O2/c1-2-20-8-9-21(7-6-14(20)22)15(23)11-12-4-3-5-13(10-12)16(17,18)19/h3-5,10H,2,6-9,11H2,1H3. The average molecular weight is 328 g/mol. The summed E-state index contributed by atoms with van der Waals surface area (Å²) in [5.74, 6) is -0.253. The second-order valence-corrected chi connectivity index (χ2v) is 5.48. The fraction of sp³-hybridized carbons (Fsp3) is 0.500. The summed E-state index contributed by atoms with van der Waals surface area (Å²) in [5.41, 5.74) is -0.432. The second-order valence-electron chi connectivity index (χ2n) is 5.48. The summed E-state index contributed by atoms with van der Waals surface area (Å²) in [6.07, 6.45) is -4.26. The van der Waals surface area contributed by atoms with E-state index in [1.54, 1.807) is 9.80 Å². The van der Waals surface area contributed by atoms with Gasteiger partial charge in [0.1, 0.15) is 0 Å². The lowest BCUT2D eigenvalue weighted by molar-refractivity contribution is -0.138. The van der Waals surface area contributed by atoms with Crippen LogP contribution in [0, 0.1) is 0 Å². The predicted octanol–water partition coefficient (Wildman–Crippen LogP) is 2.33. The lowest BCUT2D eigenvalue weighted by Gasteiger charge is -2.21. The summed E-state index contributed by atoms with van der Waals surface area (Å²) in [4.78, 5) is 27.3. The van der Waals surface area contributed by atoms with Crippen molar-refractivity contribution in [1.29, 1.82) is 0 Å². The van der Waals surface area contributed by atoms with E-state index in [1.807, 2.05) is 6.92 Å². The smallest absolute Gasteiger partial charge is 0.341 e. The van der Waals surface area contributed by atoms with Gasteiger partial charge in [-0.1, -0.05) is 18.2 Å². The fourth-order valence-electron chi connectivity index (χ4n) is 2.59. The Bertz CT molecular complexity index is 587. The molecule has 1 saturated heterocycles. The maximum Gasteiger partial charge on any atom is 0.416 e. The normalized spacial score (nSPS) is 16.4. The van der Waals surface area contributed by atoms with Crippen LogP contribution in [-0.2, 0) is 22.2 Å². The largest absolute Gasteiger partial charge is 0.416 e. The molecule has 1 aromatic carbocycles. The van der Waals surface area contributed by atoms with Crippen LogP contribution in [0.4, 0.5) is 13.2 Å². The molecule has 1 aliphatic heterocycles. The molecule has 1 heterocycles. The number of alkyl halides is 3. The molecule has 2 amide bonds. The van der Waals surface area contributed by atoms with Crippen LogP contribution in [0.2, 0.25) is 0 Å². The summed E-state index contributed by atoms with van der Waals surface area (Å²) < 4.78 is 38.1. The van der Waals surface area contributed by atoms with Gasteiger partial charge in [-0.05, 0) is 18.6 Å². The van der Waals surface area contributed by atoms with Crippen molar-refractivity contribution in [3.8, 4) is 0 Å². The third kappa shape index (κ3) is 4.46. The maximum atomic E-state index is 12.7. The zero-order valence-corrected chi connectivity index (χ0v) is 12.9. The second kappa shape index (κ2) is 7.02. The zero-order chi connectivity index (χ0) is 17.0. The van der Waals surface area contributed by atoms with Crippen LogP contribution in [0.15, 0.2) is 24.3 Å². The summed E-state index contributed by atoms with van der Waals surface area (Å²) in [5, 5.41) is 0. The van der Waals surface area contributed by atoms with E-state index in [-0.39, 0.29) is 24.7 Å². The summed E-state index contributed by atoms with van der Waals surface area (Å²) >= 11 is 0. The first kappa shape index (κ1) is 17.3. The molecule has 0 unspecified atom stereocenters. The molecule has 1 aromatic rings. The fourth-order valence-corrected chi connectivity index (χ4v) is 2.59. The van der Waals surface area contributed by atoms with Crippen LogP contribution in [0.25, 0.3) is 0 Å². The van der Waals surface area contributed by atoms with Gasteiger partial charge in [-0.2, -0.15) is 13.2 Å². The van der Waals surface area contributed by atoms with Crippen molar-refractivity contribution in [3.05, 3.63) is 35.4 Å². The third-order valence-corrected chi connectivity index (χ3v) is 3.93. The third-order valence-electron chi connectivity index (χ3n) is 3.93. The molecule has 4 nitrogen and oxygen atoms in total. The highest BCUT2D eigenvalue weighted by Gasteiger charge is 2.30. The van der Waals surface area contributed by atoms with Crippen molar-refractivity contribution in [2.24, 2.45) is 0 Å². The van der Waals surface area contributed by atoms with E-state index in [1.165, 1.54) is 12.1 Å². The van der Waals surface area contributed by atoms with Crippen LogP contribution in [-0.4, -0.2) is 47.8 Å². The SMILES string of the molecule is CCN1CCN(C(=O)Cc2cccc(C(F)(F)F)c2)CCC1=O. The number of carbonyl (C=O) groups is 2. The number of likely N-dealkylation sites (N-methyl/N-ethyl adjacent to an activating group) is 1. The Hall–Kier alpha value is -2.05. The van der Waals surface area contributed by atoms with E-state index in [2.05, 4.69) is 0 Å². The lowest BCUT2D eigenvalue weighted by atomic mass is 10.1.